The van der Waals surface area contributed by atoms with Crippen molar-refractivity contribution in [1.29, 1.82) is 0 Å². The second kappa shape index (κ2) is 10.8. The van der Waals surface area contributed by atoms with Gasteiger partial charge in [-0.1, -0.05) is 36.0 Å². The lowest BCUT2D eigenvalue weighted by Gasteiger charge is -2.10. The van der Waals surface area contributed by atoms with Crippen molar-refractivity contribution in [2.45, 2.75) is 25.2 Å². The molecule has 8 nitrogen and oxygen atoms in total. The zero-order chi connectivity index (χ0) is 22.2. The summed E-state index contributed by atoms with van der Waals surface area (Å²) in [6.07, 6.45) is 1.74. The summed E-state index contributed by atoms with van der Waals surface area (Å²) in [5.41, 5.74) is 1.36. The Morgan fingerprint density at radius 3 is 2.84 bits per heavy atom. The number of thiophene rings is 1. The summed E-state index contributed by atoms with van der Waals surface area (Å²) in [5, 5.41) is 13.9. The van der Waals surface area contributed by atoms with Crippen molar-refractivity contribution in [1.82, 2.24) is 14.8 Å². The molecule has 10 heteroatoms. The maximum atomic E-state index is 12.4. The van der Waals surface area contributed by atoms with E-state index in [1.807, 2.05) is 35.8 Å². The predicted octanol–water partition coefficient (Wildman–Crippen LogP) is 3.93. The largest absolute Gasteiger partial charge is 0.485 e. The second-order valence-corrected chi connectivity index (χ2v) is 8.20. The van der Waals surface area contributed by atoms with Gasteiger partial charge >= 0.3 is 5.97 Å². The number of hydrogen-bond donors (Lipinski definition) is 1. The van der Waals surface area contributed by atoms with Gasteiger partial charge in [0.25, 0.3) is 0 Å². The van der Waals surface area contributed by atoms with E-state index in [0.29, 0.717) is 28.1 Å². The van der Waals surface area contributed by atoms with E-state index in [2.05, 4.69) is 22.1 Å². The standard InChI is InChI=1S/C21H22N4O4S2/c1-4-10-25-17(12-29-16-8-6-5-7-14(16)2)23-24-21(25)31-13-18(26)22-19-15(9-11-30-19)20(27)28-3/h4-9,11H,1,10,12-13H2,2-3H3,(H,22,26). The van der Waals surface area contributed by atoms with Gasteiger partial charge in [-0.2, -0.15) is 0 Å². The van der Waals surface area contributed by atoms with Gasteiger partial charge in [-0.25, -0.2) is 4.79 Å². The Balaban J connectivity index is 1.63. The highest BCUT2D eigenvalue weighted by atomic mass is 32.2. The number of anilines is 1. The van der Waals surface area contributed by atoms with E-state index < -0.39 is 5.97 Å². The third-order valence-electron chi connectivity index (χ3n) is 4.21. The zero-order valence-electron chi connectivity index (χ0n) is 17.2. The monoisotopic (exact) mass is 458 g/mol. The number of carbonyl (C=O) groups is 2. The number of para-hydroxylation sites is 1. The minimum Gasteiger partial charge on any atom is -0.485 e. The molecule has 1 aromatic carbocycles. The topological polar surface area (TPSA) is 95.3 Å². The van der Waals surface area contributed by atoms with Crippen LogP contribution in [0.15, 0.2) is 53.5 Å². The predicted molar refractivity (Wildman–Crippen MR) is 121 cm³/mol. The summed E-state index contributed by atoms with van der Waals surface area (Å²) >= 11 is 2.50. The van der Waals surface area contributed by atoms with Gasteiger partial charge in [0.15, 0.2) is 11.0 Å². The number of carbonyl (C=O) groups excluding carboxylic acids is 2. The summed E-state index contributed by atoms with van der Waals surface area (Å²) in [6, 6.07) is 9.35. The highest BCUT2D eigenvalue weighted by molar-refractivity contribution is 7.99. The molecule has 1 amide bonds. The van der Waals surface area contributed by atoms with E-state index in [9.17, 15) is 9.59 Å². The maximum absolute atomic E-state index is 12.4. The Morgan fingerprint density at radius 1 is 1.29 bits per heavy atom. The Hall–Kier alpha value is -3.11. The first-order valence-electron chi connectivity index (χ1n) is 9.33. The van der Waals surface area contributed by atoms with E-state index >= 15 is 0 Å². The van der Waals surface area contributed by atoms with Crippen molar-refractivity contribution in [3.63, 3.8) is 0 Å². The lowest BCUT2D eigenvalue weighted by atomic mass is 10.2. The van der Waals surface area contributed by atoms with Crippen molar-refractivity contribution in [3.8, 4) is 5.75 Å². The number of thioether (sulfide) groups is 1. The molecule has 0 saturated carbocycles. The van der Waals surface area contributed by atoms with Crippen LogP contribution in [0.1, 0.15) is 21.7 Å². The van der Waals surface area contributed by atoms with Crippen LogP contribution in [0, 0.1) is 6.92 Å². The van der Waals surface area contributed by atoms with Gasteiger partial charge < -0.3 is 14.8 Å². The van der Waals surface area contributed by atoms with Crippen molar-refractivity contribution < 1.29 is 19.1 Å². The minimum absolute atomic E-state index is 0.104. The summed E-state index contributed by atoms with van der Waals surface area (Å²) < 4.78 is 12.5. The summed E-state index contributed by atoms with van der Waals surface area (Å²) in [4.78, 5) is 24.1. The van der Waals surface area contributed by atoms with Crippen LogP contribution in [0.4, 0.5) is 5.00 Å². The van der Waals surface area contributed by atoms with E-state index in [-0.39, 0.29) is 18.3 Å². The Labute approximate surface area is 188 Å². The van der Waals surface area contributed by atoms with Crippen molar-refractivity contribution in [2.75, 3.05) is 18.2 Å². The minimum atomic E-state index is -0.492. The number of amides is 1. The lowest BCUT2D eigenvalue weighted by molar-refractivity contribution is -0.113. The molecule has 2 heterocycles. The smallest absolute Gasteiger partial charge is 0.340 e. The van der Waals surface area contributed by atoms with Gasteiger partial charge in [0.05, 0.1) is 18.4 Å². The molecule has 3 rings (SSSR count). The number of aromatic nitrogens is 3. The number of benzene rings is 1. The molecule has 0 fully saturated rings. The van der Waals surface area contributed by atoms with E-state index in [1.54, 1.807) is 17.5 Å². The number of esters is 1. The van der Waals surface area contributed by atoms with Gasteiger partial charge in [-0.3, -0.25) is 9.36 Å². The highest BCUT2D eigenvalue weighted by Gasteiger charge is 2.17. The normalized spacial score (nSPS) is 10.5. The first kappa shape index (κ1) is 22.6. The third kappa shape index (κ3) is 5.74. The zero-order valence-corrected chi connectivity index (χ0v) is 18.8. The van der Waals surface area contributed by atoms with E-state index in [0.717, 1.165) is 11.3 Å². The van der Waals surface area contributed by atoms with Crippen LogP contribution in [0.25, 0.3) is 0 Å². The molecule has 0 aliphatic carbocycles. The molecule has 0 unspecified atom stereocenters. The fourth-order valence-electron chi connectivity index (χ4n) is 2.68. The molecule has 0 aliphatic rings. The Morgan fingerprint density at radius 2 is 2.10 bits per heavy atom. The molecule has 0 radical (unpaired) electrons. The van der Waals surface area contributed by atoms with Gasteiger partial charge in [0, 0.05) is 6.54 Å². The lowest BCUT2D eigenvalue weighted by Crippen LogP contribution is -2.16. The molecule has 162 valence electrons. The number of methoxy groups -OCH3 is 1. The maximum Gasteiger partial charge on any atom is 0.340 e. The van der Waals surface area contributed by atoms with Crippen LogP contribution in [-0.2, 0) is 22.7 Å². The molecule has 0 spiro atoms. The molecule has 0 saturated heterocycles. The van der Waals surface area contributed by atoms with Crippen LogP contribution < -0.4 is 10.1 Å². The summed E-state index contributed by atoms with van der Waals surface area (Å²) in [6.45, 7) is 6.49. The fraction of sp³-hybridized carbons (Fsp3) is 0.238. The number of nitrogens with one attached hydrogen (secondary N) is 1. The molecule has 3 aromatic rings. The Bertz CT molecular complexity index is 1080. The van der Waals surface area contributed by atoms with Crippen LogP contribution in [-0.4, -0.2) is 39.5 Å². The molecular weight excluding hydrogens is 436 g/mol. The van der Waals surface area contributed by atoms with Gasteiger partial charge in [0.1, 0.15) is 17.4 Å². The van der Waals surface area contributed by atoms with Gasteiger partial charge in [-0.15, -0.1) is 28.1 Å². The molecule has 0 atom stereocenters. The van der Waals surface area contributed by atoms with Crippen LogP contribution in [0.5, 0.6) is 5.75 Å². The molecule has 2 aromatic heterocycles. The number of hydrogen-bond acceptors (Lipinski definition) is 8. The number of rotatable bonds is 10. The molecule has 0 aliphatic heterocycles. The first-order valence-corrected chi connectivity index (χ1v) is 11.2. The first-order chi connectivity index (χ1) is 15.0. The van der Waals surface area contributed by atoms with Crippen molar-refractivity contribution >= 4 is 40.0 Å². The highest BCUT2D eigenvalue weighted by Crippen LogP contribution is 2.25. The number of ether oxygens (including phenoxy) is 2. The third-order valence-corrected chi connectivity index (χ3v) is 6.01. The van der Waals surface area contributed by atoms with Crippen molar-refractivity contribution in [3.05, 3.63) is 65.3 Å². The summed E-state index contributed by atoms with van der Waals surface area (Å²) in [5.74, 6) is 0.766. The quantitative estimate of drug-likeness (QED) is 0.279. The SMILES string of the molecule is C=CCn1c(COc2ccccc2C)nnc1SCC(=O)Nc1sccc1C(=O)OC. The van der Waals surface area contributed by atoms with Crippen LogP contribution >= 0.6 is 23.1 Å². The number of nitrogens with zero attached hydrogens (tertiary/aromatic N) is 3. The average Bonchev–Trinajstić information content (AvgIpc) is 3.38. The molecule has 31 heavy (non-hydrogen) atoms. The molecule has 1 N–H and O–H groups in total. The van der Waals surface area contributed by atoms with Gasteiger partial charge in [-0.05, 0) is 30.0 Å². The number of aryl methyl sites for hydroxylation is 1. The van der Waals surface area contributed by atoms with E-state index in [4.69, 9.17) is 9.47 Å². The average molecular weight is 459 g/mol. The second-order valence-electron chi connectivity index (χ2n) is 6.34. The van der Waals surface area contributed by atoms with Crippen molar-refractivity contribution in [2.24, 2.45) is 0 Å². The molecular formula is C21H22N4O4S2. The Kier molecular flexibility index (Phi) is 7.85. The fourth-order valence-corrected chi connectivity index (χ4v) is 4.23. The molecule has 0 bridgehead atoms. The van der Waals surface area contributed by atoms with Gasteiger partial charge in [0.2, 0.25) is 5.91 Å². The van der Waals surface area contributed by atoms with Crippen LogP contribution in [0.3, 0.4) is 0 Å². The number of allylic oxidation sites excluding steroid dienone is 1. The van der Waals surface area contributed by atoms with E-state index in [1.165, 1.54) is 30.2 Å². The van der Waals surface area contributed by atoms with Crippen LogP contribution in [0.2, 0.25) is 0 Å². The summed E-state index contributed by atoms with van der Waals surface area (Å²) in [7, 11) is 1.30.